The third-order valence-electron chi connectivity index (χ3n) is 6.30. The molecule has 0 saturated heterocycles. The fourth-order valence-electron chi connectivity index (χ4n) is 4.30. The van der Waals surface area contributed by atoms with E-state index in [1.165, 1.54) is 46.4 Å². The van der Waals surface area contributed by atoms with Gasteiger partial charge in [0, 0.05) is 27.2 Å². The third-order valence-corrected chi connectivity index (χ3v) is 8.22. The van der Waals surface area contributed by atoms with Crippen LogP contribution in [0, 0.1) is 11.6 Å². The fourth-order valence-corrected chi connectivity index (χ4v) is 5.61. The van der Waals surface area contributed by atoms with E-state index in [1.54, 1.807) is 37.3 Å². The van der Waals surface area contributed by atoms with E-state index in [2.05, 4.69) is 35.8 Å². The molecule has 0 aliphatic carbocycles. The number of nitrogens with zero attached hydrogens (tertiary/aromatic N) is 5. The van der Waals surface area contributed by atoms with E-state index < -0.39 is 33.3 Å². The summed E-state index contributed by atoms with van der Waals surface area (Å²) in [5, 5.41) is 20.9. The van der Waals surface area contributed by atoms with Crippen LogP contribution in [0.5, 0.6) is 0 Å². The number of nitrogens with one attached hydrogen (secondary N) is 1. The standard InChI is InChI=1S/C25H21BrF2N6O3S/c1-16(25(35,13-33-15-29-14-31-33)22-8-4-19(27)11-23(22)28)34-24-9-5-20(10-17(24)12-30-34)32-38(36,37)21-6-2-18(26)3-7-21/h2-12,14-16,32,35H,13H2,1H3/t16-,25-/m1/s1. The van der Waals surface area contributed by atoms with Gasteiger partial charge in [-0.2, -0.15) is 10.2 Å². The first-order valence-corrected chi connectivity index (χ1v) is 13.6. The van der Waals surface area contributed by atoms with Gasteiger partial charge in [0.15, 0.2) is 0 Å². The van der Waals surface area contributed by atoms with Crippen molar-refractivity contribution < 1.29 is 22.3 Å². The molecule has 13 heteroatoms. The Labute approximate surface area is 224 Å². The van der Waals surface area contributed by atoms with Crippen LogP contribution in [-0.4, -0.2) is 38.1 Å². The van der Waals surface area contributed by atoms with Gasteiger partial charge >= 0.3 is 0 Å². The van der Waals surface area contributed by atoms with Crippen molar-refractivity contribution in [2.24, 2.45) is 0 Å². The number of aromatic nitrogens is 5. The fraction of sp³-hybridized carbons (Fsp3) is 0.160. The predicted octanol–water partition coefficient (Wildman–Crippen LogP) is 4.62. The van der Waals surface area contributed by atoms with Gasteiger partial charge in [0.25, 0.3) is 10.0 Å². The van der Waals surface area contributed by atoms with Gasteiger partial charge < -0.3 is 5.11 Å². The van der Waals surface area contributed by atoms with Crippen LogP contribution in [0.4, 0.5) is 14.5 Å². The lowest BCUT2D eigenvalue weighted by Gasteiger charge is -2.35. The summed E-state index contributed by atoms with van der Waals surface area (Å²) in [6.07, 6.45) is 4.18. The second-order valence-corrected chi connectivity index (χ2v) is 11.3. The molecule has 2 aromatic heterocycles. The highest BCUT2D eigenvalue weighted by Crippen LogP contribution is 2.38. The van der Waals surface area contributed by atoms with Gasteiger partial charge in [0.1, 0.15) is 29.9 Å². The van der Waals surface area contributed by atoms with Crippen molar-refractivity contribution in [1.82, 2.24) is 24.5 Å². The van der Waals surface area contributed by atoms with Crippen molar-refractivity contribution in [3.63, 3.8) is 0 Å². The maximum Gasteiger partial charge on any atom is 0.261 e. The number of aliphatic hydroxyl groups is 1. The number of sulfonamides is 1. The molecule has 0 unspecified atom stereocenters. The van der Waals surface area contributed by atoms with Crippen molar-refractivity contribution in [2.45, 2.75) is 30.0 Å². The molecule has 9 nitrogen and oxygen atoms in total. The lowest BCUT2D eigenvalue weighted by molar-refractivity contribution is -0.0354. The van der Waals surface area contributed by atoms with Crippen molar-refractivity contribution in [3.8, 4) is 0 Å². The zero-order valence-electron chi connectivity index (χ0n) is 19.8. The molecule has 0 amide bonds. The van der Waals surface area contributed by atoms with Gasteiger partial charge in [-0.05, 0) is 55.5 Å². The maximum atomic E-state index is 14.9. The van der Waals surface area contributed by atoms with Crippen LogP contribution in [0.1, 0.15) is 18.5 Å². The highest BCUT2D eigenvalue weighted by Gasteiger charge is 2.41. The first-order valence-electron chi connectivity index (χ1n) is 11.3. The molecule has 0 aliphatic heterocycles. The molecule has 2 N–H and O–H groups in total. The SMILES string of the molecule is C[C@@H](n1ncc2cc(NS(=O)(=O)c3ccc(Br)cc3)ccc21)[C@](O)(Cn1cncn1)c1ccc(F)cc1F. The topological polar surface area (TPSA) is 115 Å². The Bertz CT molecular complexity index is 1710. The number of fused-ring (bicyclic) bond motifs is 1. The zero-order valence-corrected chi connectivity index (χ0v) is 22.2. The third kappa shape index (κ3) is 4.91. The number of hydrogen-bond acceptors (Lipinski definition) is 6. The summed E-state index contributed by atoms with van der Waals surface area (Å²) in [5.41, 5.74) is -1.17. The van der Waals surface area contributed by atoms with Crippen LogP contribution in [0.15, 0.2) is 88.9 Å². The molecule has 0 fully saturated rings. The van der Waals surface area contributed by atoms with Crippen LogP contribution >= 0.6 is 15.9 Å². The summed E-state index contributed by atoms with van der Waals surface area (Å²) >= 11 is 3.28. The van der Waals surface area contributed by atoms with Crippen LogP contribution in [0.2, 0.25) is 0 Å². The molecular formula is C25H21BrF2N6O3S. The zero-order chi connectivity index (χ0) is 27.1. The number of rotatable bonds is 8. The lowest BCUT2D eigenvalue weighted by Crippen LogP contribution is -2.41. The molecule has 0 radical (unpaired) electrons. The molecule has 0 bridgehead atoms. The average molecular weight is 603 g/mol. The Balaban J connectivity index is 1.51. The molecule has 196 valence electrons. The van der Waals surface area contributed by atoms with Gasteiger partial charge in [-0.25, -0.2) is 26.9 Å². The minimum atomic E-state index is -3.83. The minimum absolute atomic E-state index is 0.101. The number of halogens is 3. The van der Waals surface area contributed by atoms with E-state index in [1.807, 2.05) is 0 Å². The van der Waals surface area contributed by atoms with E-state index in [9.17, 15) is 22.3 Å². The van der Waals surface area contributed by atoms with E-state index in [0.717, 1.165) is 10.5 Å². The van der Waals surface area contributed by atoms with Gasteiger partial charge in [0.2, 0.25) is 0 Å². The molecule has 0 spiro atoms. The van der Waals surface area contributed by atoms with Crippen LogP contribution in [0.25, 0.3) is 10.9 Å². The van der Waals surface area contributed by atoms with E-state index in [-0.39, 0.29) is 17.0 Å². The molecule has 0 aliphatic rings. The Morgan fingerprint density at radius 1 is 1.08 bits per heavy atom. The highest BCUT2D eigenvalue weighted by atomic mass is 79.9. The highest BCUT2D eigenvalue weighted by molar-refractivity contribution is 9.10. The number of hydrogen-bond donors (Lipinski definition) is 2. The summed E-state index contributed by atoms with van der Waals surface area (Å²) in [6.45, 7) is 1.46. The lowest BCUT2D eigenvalue weighted by atomic mass is 9.86. The van der Waals surface area contributed by atoms with Crippen LogP contribution < -0.4 is 4.72 Å². The summed E-state index contributed by atoms with van der Waals surface area (Å²) in [5.74, 6) is -1.69. The molecule has 38 heavy (non-hydrogen) atoms. The Morgan fingerprint density at radius 2 is 1.84 bits per heavy atom. The molecular weight excluding hydrogens is 582 g/mol. The number of benzene rings is 3. The first kappa shape index (κ1) is 25.9. The molecule has 2 heterocycles. The Kier molecular flexibility index (Phi) is 6.75. The molecule has 5 rings (SSSR count). The van der Waals surface area contributed by atoms with Crippen molar-refractivity contribution in [2.75, 3.05) is 4.72 Å². The maximum absolute atomic E-state index is 14.9. The number of anilines is 1. The van der Waals surface area contributed by atoms with Crippen molar-refractivity contribution >= 4 is 42.5 Å². The van der Waals surface area contributed by atoms with Crippen LogP contribution in [0.3, 0.4) is 0 Å². The van der Waals surface area contributed by atoms with Crippen molar-refractivity contribution in [3.05, 3.63) is 101 Å². The van der Waals surface area contributed by atoms with Crippen molar-refractivity contribution in [1.29, 1.82) is 0 Å². The average Bonchev–Trinajstić information content (AvgIpc) is 3.53. The monoisotopic (exact) mass is 602 g/mol. The van der Waals surface area contributed by atoms with Gasteiger partial charge in [-0.3, -0.25) is 9.40 Å². The summed E-state index contributed by atoms with van der Waals surface area (Å²) in [4.78, 5) is 3.98. The summed E-state index contributed by atoms with van der Waals surface area (Å²) in [6, 6.07) is 13.2. The summed E-state index contributed by atoms with van der Waals surface area (Å²) in [7, 11) is -3.83. The van der Waals surface area contributed by atoms with Crippen LogP contribution in [-0.2, 0) is 22.2 Å². The Hall–Kier alpha value is -3.68. The first-order chi connectivity index (χ1) is 18.1. The predicted molar refractivity (Wildman–Crippen MR) is 140 cm³/mol. The van der Waals surface area contributed by atoms with Gasteiger partial charge in [-0.15, -0.1) is 0 Å². The van der Waals surface area contributed by atoms with E-state index in [0.29, 0.717) is 22.7 Å². The molecule has 2 atom stereocenters. The van der Waals surface area contributed by atoms with E-state index >= 15 is 0 Å². The minimum Gasteiger partial charge on any atom is -0.381 e. The molecule has 0 saturated carbocycles. The normalized spacial score (nSPS) is 14.3. The quantitative estimate of drug-likeness (QED) is 0.268. The second-order valence-electron chi connectivity index (χ2n) is 8.74. The van der Waals surface area contributed by atoms with Gasteiger partial charge in [-0.1, -0.05) is 22.0 Å². The molecule has 5 aromatic rings. The second kappa shape index (κ2) is 9.89. The van der Waals surface area contributed by atoms with Gasteiger partial charge in [0.05, 0.1) is 29.2 Å². The smallest absolute Gasteiger partial charge is 0.261 e. The Morgan fingerprint density at radius 3 is 2.53 bits per heavy atom. The van der Waals surface area contributed by atoms with E-state index in [4.69, 9.17) is 0 Å². The molecule has 3 aromatic carbocycles. The largest absolute Gasteiger partial charge is 0.381 e. The summed E-state index contributed by atoms with van der Waals surface area (Å²) < 4.78 is 60.3.